The van der Waals surface area contributed by atoms with Gasteiger partial charge < -0.3 is 15.4 Å². The van der Waals surface area contributed by atoms with Crippen molar-refractivity contribution in [3.05, 3.63) is 40.9 Å². The van der Waals surface area contributed by atoms with E-state index in [2.05, 4.69) is 32.6 Å². The Kier molecular flexibility index (Phi) is 4.00. The van der Waals surface area contributed by atoms with Gasteiger partial charge in [-0.05, 0) is 35.0 Å². The molecule has 1 aliphatic rings. The molecule has 3 rings (SSSR count). The largest absolute Gasteiger partial charge is 0.378 e. The second-order valence-corrected chi connectivity index (χ2v) is 5.69. The quantitative estimate of drug-likeness (QED) is 0.887. The molecule has 0 bridgehead atoms. The standard InChI is InChI=1S/C15H15BrN2O2/c16-12-3-1-11-8-13(4-2-10(11)7-12)18-15(19)14-9-20-6-5-17-14/h1-4,7-8,14,17H,5-6,9H2,(H,18,19). The maximum absolute atomic E-state index is 12.1. The zero-order valence-corrected chi connectivity index (χ0v) is 12.4. The Balaban J connectivity index is 1.76. The van der Waals surface area contributed by atoms with Crippen LogP contribution in [0.2, 0.25) is 0 Å². The first kappa shape index (κ1) is 13.5. The zero-order chi connectivity index (χ0) is 13.9. The SMILES string of the molecule is O=C(Nc1ccc2cc(Br)ccc2c1)C1COCCN1. The summed E-state index contributed by atoms with van der Waals surface area (Å²) in [5.41, 5.74) is 0.803. The molecule has 1 heterocycles. The van der Waals surface area contributed by atoms with Crippen LogP contribution in [-0.4, -0.2) is 31.7 Å². The summed E-state index contributed by atoms with van der Waals surface area (Å²) < 4.78 is 6.34. The molecule has 2 aromatic rings. The maximum Gasteiger partial charge on any atom is 0.243 e. The van der Waals surface area contributed by atoms with E-state index < -0.39 is 0 Å². The topological polar surface area (TPSA) is 50.4 Å². The molecule has 1 amide bonds. The number of halogens is 1. The molecule has 104 valence electrons. The number of morpholine rings is 1. The fourth-order valence-corrected chi connectivity index (χ4v) is 2.64. The highest BCUT2D eigenvalue weighted by Crippen LogP contribution is 2.23. The monoisotopic (exact) mass is 334 g/mol. The first-order valence-corrected chi connectivity index (χ1v) is 7.33. The summed E-state index contributed by atoms with van der Waals surface area (Å²) in [5.74, 6) is -0.0545. The molecule has 0 aliphatic carbocycles. The van der Waals surface area contributed by atoms with E-state index in [4.69, 9.17) is 4.74 Å². The summed E-state index contributed by atoms with van der Waals surface area (Å²) in [7, 11) is 0. The Morgan fingerprint density at radius 1 is 1.25 bits per heavy atom. The van der Waals surface area contributed by atoms with E-state index in [-0.39, 0.29) is 11.9 Å². The van der Waals surface area contributed by atoms with Crippen molar-refractivity contribution in [1.29, 1.82) is 0 Å². The third-order valence-corrected chi connectivity index (χ3v) is 3.80. The lowest BCUT2D eigenvalue weighted by Crippen LogP contribution is -2.48. The minimum absolute atomic E-state index is 0.0545. The van der Waals surface area contributed by atoms with Crippen LogP contribution in [0.4, 0.5) is 5.69 Å². The van der Waals surface area contributed by atoms with Crippen LogP contribution in [0, 0.1) is 0 Å². The summed E-state index contributed by atoms with van der Waals surface area (Å²) in [6, 6.07) is 11.7. The highest BCUT2D eigenvalue weighted by Gasteiger charge is 2.21. The molecule has 1 unspecified atom stereocenters. The van der Waals surface area contributed by atoms with Crippen LogP contribution in [-0.2, 0) is 9.53 Å². The van der Waals surface area contributed by atoms with Crippen LogP contribution in [0.5, 0.6) is 0 Å². The number of rotatable bonds is 2. The van der Waals surface area contributed by atoms with Gasteiger partial charge in [-0.3, -0.25) is 4.79 Å². The molecular weight excluding hydrogens is 320 g/mol. The van der Waals surface area contributed by atoms with Crippen molar-refractivity contribution in [2.24, 2.45) is 0 Å². The van der Waals surface area contributed by atoms with Gasteiger partial charge >= 0.3 is 0 Å². The first-order valence-electron chi connectivity index (χ1n) is 6.54. The number of carbonyl (C=O) groups excluding carboxylic acids is 1. The number of benzene rings is 2. The second-order valence-electron chi connectivity index (χ2n) is 4.78. The minimum atomic E-state index is -0.274. The molecule has 1 aliphatic heterocycles. The summed E-state index contributed by atoms with van der Waals surface area (Å²) in [6.07, 6.45) is 0. The molecule has 4 nitrogen and oxygen atoms in total. The van der Waals surface area contributed by atoms with E-state index in [1.54, 1.807) is 0 Å². The predicted molar refractivity (Wildman–Crippen MR) is 82.9 cm³/mol. The Labute approximate surface area is 125 Å². The van der Waals surface area contributed by atoms with Crippen molar-refractivity contribution in [2.45, 2.75) is 6.04 Å². The van der Waals surface area contributed by atoms with E-state index in [1.807, 2.05) is 30.3 Å². The van der Waals surface area contributed by atoms with Gasteiger partial charge in [-0.25, -0.2) is 0 Å². The number of hydrogen-bond donors (Lipinski definition) is 2. The van der Waals surface area contributed by atoms with Crippen molar-refractivity contribution < 1.29 is 9.53 Å². The minimum Gasteiger partial charge on any atom is -0.378 e. The van der Waals surface area contributed by atoms with Crippen molar-refractivity contribution in [1.82, 2.24) is 5.32 Å². The summed E-state index contributed by atoms with van der Waals surface area (Å²) >= 11 is 3.45. The number of amides is 1. The summed E-state index contributed by atoms with van der Waals surface area (Å²) in [4.78, 5) is 12.1. The van der Waals surface area contributed by atoms with Gasteiger partial charge in [0.2, 0.25) is 5.91 Å². The van der Waals surface area contributed by atoms with Gasteiger partial charge in [-0.15, -0.1) is 0 Å². The summed E-state index contributed by atoms with van der Waals surface area (Å²) in [5, 5.41) is 8.30. The molecule has 1 fully saturated rings. The fraction of sp³-hybridized carbons (Fsp3) is 0.267. The molecule has 20 heavy (non-hydrogen) atoms. The first-order chi connectivity index (χ1) is 9.72. The van der Waals surface area contributed by atoms with E-state index in [1.165, 1.54) is 0 Å². The van der Waals surface area contributed by atoms with Crippen molar-refractivity contribution in [2.75, 3.05) is 25.1 Å². The normalized spacial score (nSPS) is 18.9. The zero-order valence-electron chi connectivity index (χ0n) is 10.9. The molecule has 5 heteroatoms. The van der Waals surface area contributed by atoms with E-state index in [0.29, 0.717) is 19.8 Å². The third kappa shape index (κ3) is 3.00. The van der Waals surface area contributed by atoms with Gasteiger partial charge in [-0.2, -0.15) is 0 Å². The number of nitrogens with one attached hydrogen (secondary N) is 2. The van der Waals surface area contributed by atoms with Gasteiger partial charge in [0.05, 0.1) is 13.2 Å². The van der Waals surface area contributed by atoms with Crippen LogP contribution in [0.25, 0.3) is 10.8 Å². The molecule has 2 aromatic carbocycles. The molecule has 1 atom stereocenters. The molecule has 0 spiro atoms. The van der Waals surface area contributed by atoms with Crippen molar-refractivity contribution in [3.63, 3.8) is 0 Å². The average molecular weight is 335 g/mol. The molecule has 1 saturated heterocycles. The number of anilines is 1. The molecule has 0 saturated carbocycles. The molecule has 0 radical (unpaired) electrons. The Bertz CT molecular complexity index is 639. The Hall–Kier alpha value is -1.43. The third-order valence-electron chi connectivity index (χ3n) is 3.31. The average Bonchev–Trinajstić information content (AvgIpc) is 2.48. The van der Waals surface area contributed by atoms with Gasteiger partial charge in [0.25, 0.3) is 0 Å². The Morgan fingerprint density at radius 2 is 2.05 bits per heavy atom. The second kappa shape index (κ2) is 5.91. The summed E-state index contributed by atoms with van der Waals surface area (Å²) in [6.45, 7) is 1.80. The van der Waals surface area contributed by atoms with Crippen LogP contribution in [0.3, 0.4) is 0 Å². The van der Waals surface area contributed by atoms with Crippen LogP contribution < -0.4 is 10.6 Å². The molecule has 2 N–H and O–H groups in total. The highest BCUT2D eigenvalue weighted by atomic mass is 79.9. The molecule has 0 aromatic heterocycles. The van der Waals surface area contributed by atoms with Crippen molar-refractivity contribution >= 4 is 38.3 Å². The number of fused-ring (bicyclic) bond motifs is 1. The predicted octanol–water partition coefficient (Wildman–Crippen LogP) is 2.53. The van der Waals surface area contributed by atoms with E-state index >= 15 is 0 Å². The van der Waals surface area contributed by atoms with Gasteiger partial charge in [0, 0.05) is 16.7 Å². The van der Waals surface area contributed by atoms with E-state index in [9.17, 15) is 4.79 Å². The van der Waals surface area contributed by atoms with Crippen LogP contribution in [0.15, 0.2) is 40.9 Å². The number of ether oxygens (including phenoxy) is 1. The van der Waals surface area contributed by atoms with Gasteiger partial charge in [0.1, 0.15) is 6.04 Å². The lowest BCUT2D eigenvalue weighted by Gasteiger charge is -2.22. The lowest BCUT2D eigenvalue weighted by molar-refractivity contribution is -0.120. The number of carbonyl (C=O) groups is 1. The number of hydrogen-bond acceptors (Lipinski definition) is 3. The Morgan fingerprint density at radius 3 is 2.85 bits per heavy atom. The van der Waals surface area contributed by atoms with Gasteiger partial charge in [-0.1, -0.05) is 28.1 Å². The van der Waals surface area contributed by atoms with Crippen LogP contribution >= 0.6 is 15.9 Å². The van der Waals surface area contributed by atoms with Crippen molar-refractivity contribution in [3.8, 4) is 0 Å². The van der Waals surface area contributed by atoms with Gasteiger partial charge in [0.15, 0.2) is 0 Å². The lowest BCUT2D eigenvalue weighted by atomic mass is 10.1. The van der Waals surface area contributed by atoms with E-state index in [0.717, 1.165) is 20.9 Å². The molecular formula is C15H15BrN2O2. The fourth-order valence-electron chi connectivity index (χ4n) is 2.26. The smallest absolute Gasteiger partial charge is 0.243 e. The maximum atomic E-state index is 12.1. The van der Waals surface area contributed by atoms with Crippen LogP contribution in [0.1, 0.15) is 0 Å². The highest BCUT2D eigenvalue weighted by molar-refractivity contribution is 9.10.